The maximum absolute atomic E-state index is 13.2. The molecule has 0 aliphatic carbocycles. The molecule has 1 aromatic heterocycles. The van der Waals surface area contributed by atoms with Crippen molar-refractivity contribution in [2.24, 2.45) is 0 Å². The average molecular weight is 431 g/mol. The minimum absolute atomic E-state index is 0.291. The second-order valence-electron chi connectivity index (χ2n) is 7.48. The van der Waals surface area contributed by atoms with Gasteiger partial charge in [0.05, 0.1) is 0 Å². The molecule has 5 nitrogen and oxygen atoms in total. The number of hydrogen-bond donors (Lipinski definition) is 0. The number of carbonyl (C=O) groups excluding carboxylic acids is 2. The Morgan fingerprint density at radius 1 is 0.875 bits per heavy atom. The standard InChI is InChI=1S/C26H22FNO4/c1-17-13-24(18(2)28(17)22-10-8-21(27)9-11-22)25(29)15-32-26(30)16-31-23-12-7-19-5-3-4-6-20(19)14-23/h3-14H,15-16H2,1-2H3. The van der Waals surface area contributed by atoms with Crippen LogP contribution in [0.2, 0.25) is 0 Å². The quantitative estimate of drug-likeness (QED) is 0.298. The summed E-state index contributed by atoms with van der Waals surface area (Å²) in [5.41, 5.74) is 2.72. The normalized spacial score (nSPS) is 10.8. The number of rotatable bonds is 7. The van der Waals surface area contributed by atoms with Gasteiger partial charge in [-0.2, -0.15) is 0 Å². The van der Waals surface area contributed by atoms with Crippen LogP contribution in [-0.4, -0.2) is 29.5 Å². The summed E-state index contributed by atoms with van der Waals surface area (Å²) in [4.78, 5) is 24.7. The Morgan fingerprint density at radius 3 is 2.34 bits per heavy atom. The van der Waals surface area contributed by atoms with E-state index in [0.29, 0.717) is 17.0 Å². The highest BCUT2D eigenvalue weighted by Gasteiger charge is 2.18. The summed E-state index contributed by atoms with van der Waals surface area (Å²) in [5, 5.41) is 2.08. The molecule has 3 aromatic carbocycles. The van der Waals surface area contributed by atoms with Gasteiger partial charge in [0.1, 0.15) is 11.6 Å². The molecule has 0 aliphatic rings. The zero-order chi connectivity index (χ0) is 22.7. The molecule has 6 heteroatoms. The molecule has 0 radical (unpaired) electrons. The van der Waals surface area contributed by atoms with Gasteiger partial charge in [0.15, 0.2) is 13.2 Å². The number of ketones is 1. The smallest absolute Gasteiger partial charge is 0.344 e. The van der Waals surface area contributed by atoms with Crippen LogP contribution in [0.3, 0.4) is 0 Å². The lowest BCUT2D eigenvalue weighted by Crippen LogP contribution is -2.19. The summed E-state index contributed by atoms with van der Waals surface area (Å²) < 4.78 is 25.7. The number of Topliss-reactive ketones (excluding diaryl/α,β-unsaturated/α-hetero) is 1. The molecule has 0 aliphatic heterocycles. The predicted octanol–water partition coefficient (Wildman–Crippen LogP) is 5.19. The number of carbonyl (C=O) groups is 2. The molecule has 0 spiro atoms. The van der Waals surface area contributed by atoms with Crippen LogP contribution in [-0.2, 0) is 9.53 Å². The summed E-state index contributed by atoms with van der Waals surface area (Å²) in [5.74, 6) is -0.718. The van der Waals surface area contributed by atoms with Gasteiger partial charge in [-0.25, -0.2) is 9.18 Å². The molecule has 4 rings (SSSR count). The molecule has 0 atom stereocenters. The minimum atomic E-state index is -0.626. The molecule has 0 amide bonds. The van der Waals surface area contributed by atoms with E-state index < -0.39 is 5.97 Å². The molecular weight excluding hydrogens is 409 g/mol. The summed E-state index contributed by atoms with van der Waals surface area (Å²) in [6.45, 7) is 2.98. The number of esters is 1. The van der Waals surface area contributed by atoms with E-state index in [1.54, 1.807) is 31.2 Å². The number of aromatic nitrogens is 1. The highest BCUT2D eigenvalue weighted by Crippen LogP contribution is 2.22. The van der Waals surface area contributed by atoms with Gasteiger partial charge in [-0.1, -0.05) is 30.3 Å². The van der Waals surface area contributed by atoms with Gasteiger partial charge in [-0.15, -0.1) is 0 Å². The van der Waals surface area contributed by atoms with E-state index in [4.69, 9.17) is 9.47 Å². The van der Waals surface area contributed by atoms with E-state index >= 15 is 0 Å². The van der Waals surface area contributed by atoms with Crippen LogP contribution in [0.15, 0.2) is 72.8 Å². The van der Waals surface area contributed by atoms with Gasteiger partial charge >= 0.3 is 5.97 Å². The largest absolute Gasteiger partial charge is 0.482 e. The van der Waals surface area contributed by atoms with E-state index in [2.05, 4.69) is 0 Å². The average Bonchev–Trinajstić information content (AvgIpc) is 3.10. The minimum Gasteiger partial charge on any atom is -0.482 e. The van der Waals surface area contributed by atoms with Crippen molar-refractivity contribution in [1.82, 2.24) is 4.57 Å². The first kappa shape index (κ1) is 21.3. The highest BCUT2D eigenvalue weighted by molar-refractivity contribution is 5.99. The summed E-state index contributed by atoms with van der Waals surface area (Å²) in [6, 6.07) is 21.1. The van der Waals surface area contributed by atoms with Crippen molar-refractivity contribution >= 4 is 22.5 Å². The number of fused-ring (bicyclic) bond motifs is 1. The van der Waals surface area contributed by atoms with Crippen molar-refractivity contribution < 1.29 is 23.5 Å². The van der Waals surface area contributed by atoms with Crippen LogP contribution >= 0.6 is 0 Å². The fourth-order valence-electron chi connectivity index (χ4n) is 3.70. The summed E-state index contributed by atoms with van der Waals surface area (Å²) >= 11 is 0. The van der Waals surface area contributed by atoms with E-state index in [1.165, 1.54) is 12.1 Å². The van der Waals surface area contributed by atoms with Gasteiger partial charge in [-0.3, -0.25) is 4.79 Å². The van der Waals surface area contributed by atoms with Gasteiger partial charge in [0, 0.05) is 22.6 Å². The molecule has 0 unspecified atom stereocenters. The number of ether oxygens (including phenoxy) is 2. The van der Waals surface area contributed by atoms with Crippen LogP contribution in [0.25, 0.3) is 16.5 Å². The first-order valence-corrected chi connectivity index (χ1v) is 10.2. The molecule has 162 valence electrons. The molecule has 0 N–H and O–H groups in total. The van der Waals surface area contributed by atoms with E-state index in [9.17, 15) is 14.0 Å². The van der Waals surface area contributed by atoms with Crippen LogP contribution in [0, 0.1) is 19.7 Å². The van der Waals surface area contributed by atoms with Crippen LogP contribution in [0.1, 0.15) is 21.7 Å². The number of hydrogen-bond acceptors (Lipinski definition) is 4. The Morgan fingerprint density at radius 2 is 1.59 bits per heavy atom. The lowest BCUT2D eigenvalue weighted by molar-refractivity contribution is -0.144. The van der Waals surface area contributed by atoms with Crippen molar-refractivity contribution in [2.75, 3.05) is 13.2 Å². The molecular formula is C26H22FNO4. The third-order valence-corrected chi connectivity index (χ3v) is 5.26. The van der Waals surface area contributed by atoms with E-state index in [1.807, 2.05) is 47.9 Å². The highest BCUT2D eigenvalue weighted by atomic mass is 19.1. The Kier molecular flexibility index (Phi) is 6.03. The number of aryl methyl sites for hydroxylation is 1. The Labute approximate surface area is 185 Å². The first-order chi connectivity index (χ1) is 15.4. The Balaban J connectivity index is 1.36. The molecule has 4 aromatic rings. The van der Waals surface area contributed by atoms with Crippen LogP contribution in [0.5, 0.6) is 5.75 Å². The fourth-order valence-corrected chi connectivity index (χ4v) is 3.70. The number of nitrogens with zero attached hydrogens (tertiary/aromatic N) is 1. The summed E-state index contributed by atoms with van der Waals surface area (Å²) in [7, 11) is 0. The number of benzene rings is 3. The SMILES string of the molecule is Cc1cc(C(=O)COC(=O)COc2ccc3ccccc3c2)c(C)n1-c1ccc(F)cc1. The van der Waals surface area contributed by atoms with Crippen LogP contribution in [0.4, 0.5) is 4.39 Å². The molecule has 1 heterocycles. The summed E-state index contributed by atoms with van der Waals surface area (Å²) in [6.07, 6.45) is 0. The Hall–Kier alpha value is -3.93. The maximum atomic E-state index is 13.2. The zero-order valence-corrected chi connectivity index (χ0v) is 17.8. The third kappa shape index (κ3) is 4.54. The van der Waals surface area contributed by atoms with E-state index in [0.717, 1.165) is 22.2 Å². The fraction of sp³-hybridized carbons (Fsp3) is 0.154. The van der Waals surface area contributed by atoms with Crippen LogP contribution < -0.4 is 4.74 Å². The predicted molar refractivity (Wildman–Crippen MR) is 120 cm³/mol. The molecule has 32 heavy (non-hydrogen) atoms. The topological polar surface area (TPSA) is 57.5 Å². The lowest BCUT2D eigenvalue weighted by atomic mass is 10.1. The van der Waals surface area contributed by atoms with Gasteiger partial charge in [0.2, 0.25) is 5.78 Å². The van der Waals surface area contributed by atoms with Crippen molar-refractivity contribution in [1.29, 1.82) is 0 Å². The van der Waals surface area contributed by atoms with Gasteiger partial charge < -0.3 is 14.0 Å². The van der Waals surface area contributed by atoms with Crippen molar-refractivity contribution in [3.63, 3.8) is 0 Å². The molecule has 0 saturated heterocycles. The first-order valence-electron chi connectivity index (χ1n) is 10.2. The lowest BCUT2D eigenvalue weighted by Gasteiger charge is -2.10. The second kappa shape index (κ2) is 9.06. The third-order valence-electron chi connectivity index (χ3n) is 5.26. The Bertz CT molecular complexity index is 1290. The maximum Gasteiger partial charge on any atom is 0.344 e. The number of halogens is 1. The van der Waals surface area contributed by atoms with Gasteiger partial charge in [0.25, 0.3) is 0 Å². The monoisotopic (exact) mass is 431 g/mol. The molecule has 0 fully saturated rings. The molecule has 0 bridgehead atoms. The van der Waals surface area contributed by atoms with Crippen molar-refractivity contribution in [3.8, 4) is 11.4 Å². The van der Waals surface area contributed by atoms with Gasteiger partial charge in [-0.05, 0) is 67.1 Å². The zero-order valence-electron chi connectivity index (χ0n) is 17.8. The second-order valence-corrected chi connectivity index (χ2v) is 7.48. The molecule has 0 saturated carbocycles. The van der Waals surface area contributed by atoms with E-state index in [-0.39, 0.29) is 24.8 Å². The van der Waals surface area contributed by atoms with Crippen molar-refractivity contribution in [2.45, 2.75) is 13.8 Å². The van der Waals surface area contributed by atoms with Crippen molar-refractivity contribution in [3.05, 3.63) is 95.6 Å².